The molecular weight excluding hydrogens is 348 g/mol. The molecule has 1 atom stereocenters. The quantitative estimate of drug-likeness (QED) is 0.803. The SMILES string of the molecule is COc1ccc([C@@H](C(=O)O)N2CCC(O)(c3ccccc3)CC2)c(OC)n1. The van der Waals surface area contributed by atoms with Crippen molar-refractivity contribution in [2.45, 2.75) is 24.5 Å². The van der Waals surface area contributed by atoms with Gasteiger partial charge in [-0.25, -0.2) is 0 Å². The second-order valence-corrected chi connectivity index (χ2v) is 6.63. The van der Waals surface area contributed by atoms with E-state index in [2.05, 4.69) is 4.98 Å². The molecule has 1 saturated heterocycles. The van der Waals surface area contributed by atoms with Gasteiger partial charge < -0.3 is 19.7 Å². The van der Waals surface area contributed by atoms with Crippen LogP contribution >= 0.6 is 0 Å². The van der Waals surface area contributed by atoms with Gasteiger partial charge in [0.15, 0.2) is 0 Å². The Morgan fingerprint density at radius 1 is 1.11 bits per heavy atom. The van der Waals surface area contributed by atoms with E-state index in [-0.39, 0.29) is 5.88 Å². The number of carboxylic acids is 1. The number of rotatable bonds is 6. The van der Waals surface area contributed by atoms with Crippen molar-refractivity contribution in [3.05, 3.63) is 53.6 Å². The van der Waals surface area contributed by atoms with Crippen molar-refractivity contribution in [2.75, 3.05) is 27.3 Å². The molecule has 27 heavy (non-hydrogen) atoms. The number of likely N-dealkylation sites (tertiary alicyclic amines) is 1. The van der Waals surface area contributed by atoms with E-state index in [1.165, 1.54) is 14.2 Å². The van der Waals surface area contributed by atoms with E-state index in [0.29, 0.717) is 37.4 Å². The summed E-state index contributed by atoms with van der Waals surface area (Å²) in [6.07, 6.45) is 0.902. The van der Waals surface area contributed by atoms with Gasteiger partial charge in [-0.15, -0.1) is 0 Å². The maximum atomic E-state index is 12.0. The first-order valence-corrected chi connectivity index (χ1v) is 8.82. The van der Waals surface area contributed by atoms with Crippen LogP contribution in [0.3, 0.4) is 0 Å². The maximum absolute atomic E-state index is 12.0. The average Bonchev–Trinajstić information content (AvgIpc) is 2.70. The van der Waals surface area contributed by atoms with Gasteiger partial charge in [0.1, 0.15) is 6.04 Å². The number of pyridine rings is 1. The number of benzene rings is 1. The van der Waals surface area contributed by atoms with E-state index in [9.17, 15) is 15.0 Å². The molecule has 0 aliphatic carbocycles. The summed E-state index contributed by atoms with van der Waals surface area (Å²) in [5.74, 6) is -0.395. The molecule has 7 heteroatoms. The standard InChI is InChI=1S/C20H24N2O5/c1-26-16-9-8-15(18(21-16)27-2)17(19(23)24)22-12-10-20(25,11-13-22)14-6-4-3-5-7-14/h3-9,17,25H,10-13H2,1-2H3,(H,23,24)/t17-/m0/s1. The Kier molecular flexibility index (Phi) is 5.62. The van der Waals surface area contributed by atoms with Crippen molar-refractivity contribution >= 4 is 5.97 Å². The van der Waals surface area contributed by atoms with Crippen LogP contribution in [-0.4, -0.2) is 53.4 Å². The molecule has 3 rings (SSSR count). The molecule has 1 aliphatic rings. The topological polar surface area (TPSA) is 92.1 Å². The summed E-state index contributed by atoms with van der Waals surface area (Å²) in [5.41, 5.74) is 0.388. The predicted molar refractivity (Wildman–Crippen MR) is 98.9 cm³/mol. The molecule has 0 radical (unpaired) electrons. The number of hydrogen-bond acceptors (Lipinski definition) is 6. The highest BCUT2D eigenvalue weighted by Crippen LogP contribution is 2.37. The van der Waals surface area contributed by atoms with Crippen LogP contribution in [0.1, 0.15) is 30.0 Å². The lowest BCUT2D eigenvalue weighted by Crippen LogP contribution is -2.46. The number of piperidine rings is 1. The fourth-order valence-electron chi connectivity index (χ4n) is 3.59. The molecule has 2 heterocycles. The Hall–Kier alpha value is -2.64. The van der Waals surface area contributed by atoms with E-state index in [1.54, 1.807) is 12.1 Å². The first-order chi connectivity index (χ1) is 13.0. The van der Waals surface area contributed by atoms with Crippen molar-refractivity contribution in [1.82, 2.24) is 9.88 Å². The van der Waals surface area contributed by atoms with Crippen LogP contribution in [0.25, 0.3) is 0 Å². The van der Waals surface area contributed by atoms with E-state index in [1.807, 2.05) is 35.2 Å². The number of carboxylic acid groups (broad SMARTS) is 1. The lowest BCUT2D eigenvalue weighted by atomic mass is 9.83. The number of aliphatic hydroxyl groups is 1. The lowest BCUT2D eigenvalue weighted by molar-refractivity contribution is -0.146. The lowest BCUT2D eigenvalue weighted by Gasteiger charge is -2.40. The van der Waals surface area contributed by atoms with Gasteiger partial charge in [-0.2, -0.15) is 4.98 Å². The first kappa shape index (κ1) is 19.1. The number of hydrogen-bond donors (Lipinski definition) is 2. The number of aromatic nitrogens is 1. The second kappa shape index (κ2) is 7.94. The molecule has 0 saturated carbocycles. The molecule has 1 aromatic heterocycles. The third-order valence-corrected chi connectivity index (χ3v) is 5.10. The fraction of sp³-hybridized carbons (Fsp3) is 0.400. The van der Waals surface area contributed by atoms with E-state index >= 15 is 0 Å². The second-order valence-electron chi connectivity index (χ2n) is 6.63. The minimum absolute atomic E-state index is 0.227. The molecule has 0 unspecified atom stereocenters. The third-order valence-electron chi connectivity index (χ3n) is 5.10. The Morgan fingerprint density at radius 3 is 2.33 bits per heavy atom. The third kappa shape index (κ3) is 3.89. The Balaban J connectivity index is 1.83. The molecule has 0 bridgehead atoms. The van der Waals surface area contributed by atoms with Gasteiger partial charge in [-0.1, -0.05) is 30.3 Å². The largest absolute Gasteiger partial charge is 0.481 e. The predicted octanol–water partition coefficient (Wildman–Crippen LogP) is 2.21. The van der Waals surface area contributed by atoms with Gasteiger partial charge in [0.2, 0.25) is 11.8 Å². The number of methoxy groups -OCH3 is 2. The summed E-state index contributed by atoms with van der Waals surface area (Å²) >= 11 is 0. The number of carbonyl (C=O) groups is 1. The van der Waals surface area contributed by atoms with Crippen LogP contribution in [-0.2, 0) is 10.4 Å². The monoisotopic (exact) mass is 372 g/mol. The zero-order valence-corrected chi connectivity index (χ0v) is 15.5. The van der Waals surface area contributed by atoms with Gasteiger partial charge in [-0.3, -0.25) is 9.69 Å². The van der Waals surface area contributed by atoms with Crippen LogP contribution in [0, 0.1) is 0 Å². The molecule has 0 amide bonds. The summed E-state index contributed by atoms with van der Waals surface area (Å²) in [4.78, 5) is 18.1. The highest BCUT2D eigenvalue weighted by atomic mass is 16.5. The molecule has 2 aromatic rings. The molecule has 1 aliphatic heterocycles. The number of ether oxygens (including phenoxy) is 2. The molecule has 144 valence electrons. The van der Waals surface area contributed by atoms with Crippen LogP contribution in [0.5, 0.6) is 11.8 Å². The van der Waals surface area contributed by atoms with E-state index < -0.39 is 17.6 Å². The summed E-state index contributed by atoms with van der Waals surface area (Å²) in [6.45, 7) is 0.884. The Labute approximate surface area is 158 Å². The average molecular weight is 372 g/mol. The molecule has 7 nitrogen and oxygen atoms in total. The van der Waals surface area contributed by atoms with Gasteiger partial charge in [-0.05, 0) is 24.5 Å². The maximum Gasteiger partial charge on any atom is 0.325 e. The Morgan fingerprint density at radius 2 is 1.78 bits per heavy atom. The number of nitrogens with zero attached hydrogens (tertiary/aromatic N) is 2. The highest BCUT2D eigenvalue weighted by molar-refractivity contribution is 5.76. The van der Waals surface area contributed by atoms with Gasteiger partial charge >= 0.3 is 5.97 Å². The molecular formula is C20H24N2O5. The normalized spacial score (nSPS) is 17.9. The first-order valence-electron chi connectivity index (χ1n) is 8.82. The summed E-state index contributed by atoms with van der Waals surface area (Å²) in [7, 11) is 2.94. The summed E-state index contributed by atoms with van der Waals surface area (Å²) in [6, 6.07) is 11.9. The van der Waals surface area contributed by atoms with Crippen LogP contribution in [0.4, 0.5) is 0 Å². The van der Waals surface area contributed by atoms with Crippen molar-refractivity contribution in [3.63, 3.8) is 0 Å². The highest BCUT2D eigenvalue weighted by Gasteiger charge is 2.39. The minimum Gasteiger partial charge on any atom is -0.481 e. The fourth-order valence-corrected chi connectivity index (χ4v) is 3.59. The van der Waals surface area contributed by atoms with Crippen molar-refractivity contribution in [1.29, 1.82) is 0 Å². The van der Waals surface area contributed by atoms with Gasteiger partial charge in [0, 0.05) is 24.7 Å². The van der Waals surface area contributed by atoms with Crippen molar-refractivity contribution in [3.8, 4) is 11.8 Å². The van der Waals surface area contributed by atoms with Crippen LogP contribution < -0.4 is 9.47 Å². The van der Waals surface area contributed by atoms with Crippen LogP contribution in [0.15, 0.2) is 42.5 Å². The van der Waals surface area contributed by atoms with Gasteiger partial charge in [0.05, 0.1) is 19.8 Å². The zero-order valence-electron chi connectivity index (χ0n) is 15.5. The Bertz CT molecular complexity index is 788. The van der Waals surface area contributed by atoms with E-state index in [4.69, 9.17) is 9.47 Å². The van der Waals surface area contributed by atoms with E-state index in [0.717, 1.165) is 5.56 Å². The van der Waals surface area contributed by atoms with Crippen LogP contribution in [0.2, 0.25) is 0 Å². The summed E-state index contributed by atoms with van der Waals surface area (Å²) in [5, 5.41) is 20.8. The number of aliphatic carboxylic acids is 1. The molecule has 0 spiro atoms. The van der Waals surface area contributed by atoms with Crippen molar-refractivity contribution in [2.24, 2.45) is 0 Å². The molecule has 2 N–H and O–H groups in total. The van der Waals surface area contributed by atoms with Crippen molar-refractivity contribution < 1.29 is 24.5 Å². The molecule has 1 aromatic carbocycles. The minimum atomic E-state index is -0.981. The zero-order chi connectivity index (χ0) is 19.4. The smallest absolute Gasteiger partial charge is 0.325 e. The molecule has 1 fully saturated rings. The summed E-state index contributed by atoms with van der Waals surface area (Å²) < 4.78 is 10.4. The van der Waals surface area contributed by atoms with Gasteiger partial charge in [0.25, 0.3) is 0 Å².